The van der Waals surface area contributed by atoms with Gasteiger partial charge in [-0.15, -0.1) is 0 Å². The molecule has 4 heterocycles. The third-order valence-electron chi connectivity index (χ3n) is 15.2. The van der Waals surface area contributed by atoms with Gasteiger partial charge in [0.25, 0.3) is 0 Å². The van der Waals surface area contributed by atoms with Crippen molar-refractivity contribution < 1.29 is 33.4 Å². The van der Waals surface area contributed by atoms with Crippen molar-refractivity contribution in [1.82, 2.24) is 40.4 Å². The number of alkyl carbamates (subject to hydrolysis) is 2. The molecule has 2 bridgehead atoms. The van der Waals surface area contributed by atoms with E-state index in [1.807, 2.05) is 67.8 Å². The third kappa shape index (κ3) is 7.50. The van der Waals surface area contributed by atoms with E-state index in [1.165, 1.54) is 14.2 Å². The molecule has 15 nitrogen and oxygen atoms in total. The minimum Gasteiger partial charge on any atom is -0.453 e. The Balaban J connectivity index is 0.874. The molecule has 4 N–H and O–H groups in total. The zero-order valence-corrected chi connectivity index (χ0v) is 37.9. The number of aromatic amines is 2. The second-order valence-corrected chi connectivity index (χ2v) is 19.9. The van der Waals surface area contributed by atoms with Crippen LogP contribution in [0.2, 0.25) is 0 Å². The van der Waals surface area contributed by atoms with E-state index in [2.05, 4.69) is 44.9 Å². The molecular weight excluding hydrogens is 825 g/mol. The summed E-state index contributed by atoms with van der Waals surface area (Å²) in [6, 6.07) is 10.3. The number of hydrogen-bond donors (Lipinski definition) is 4. The molecule has 65 heavy (non-hydrogen) atoms. The number of nitrogens with one attached hydrogen (secondary N) is 4. The molecule has 4 amide bonds. The van der Waals surface area contributed by atoms with Crippen molar-refractivity contribution in [1.29, 1.82) is 0 Å². The molecule has 2 aromatic carbocycles. The highest BCUT2D eigenvalue weighted by atomic mass is 16.5. The first-order chi connectivity index (χ1) is 31.3. The fourth-order valence-corrected chi connectivity index (χ4v) is 11.5. The Labute approximate surface area is 378 Å². The number of aromatic nitrogens is 4. The molecule has 1 spiro atoms. The molecular formula is C50H58N8O7. The molecule has 8 atom stereocenters. The lowest BCUT2D eigenvalue weighted by molar-refractivity contribution is -0.138. The van der Waals surface area contributed by atoms with Crippen molar-refractivity contribution >= 4 is 46.4 Å². The molecule has 0 radical (unpaired) electrons. The number of carbonyl (C=O) groups excluding carboxylic acids is 5. The normalized spacial score (nSPS) is 25.7. The van der Waals surface area contributed by atoms with Crippen LogP contribution in [0.4, 0.5) is 9.59 Å². The van der Waals surface area contributed by atoms with Crippen molar-refractivity contribution in [2.75, 3.05) is 20.8 Å². The molecule has 2 saturated heterocycles. The first kappa shape index (κ1) is 42.7. The lowest BCUT2D eigenvalue weighted by Crippen LogP contribution is -2.53. The van der Waals surface area contributed by atoms with Gasteiger partial charge in [-0.2, -0.15) is 0 Å². The second-order valence-electron chi connectivity index (χ2n) is 19.9. The van der Waals surface area contributed by atoms with Crippen molar-refractivity contribution in [2.45, 2.75) is 109 Å². The number of fused-ring (bicyclic) bond motifs is 6. The standard InChI is InChI=1S/C50H58N8O7/c1-25(2)40(55-48(62)64-5)46(60)57-24-50(16-17-50)22-39(57)44-51-23-38(54-44)29-11-14-33-32-13-10-27(19-34(32)43(59)35(33)20-29)28-12-15-36-37(21-28)53-45(52-36)42-30-8-7-9-31(18-30)58(42)47(61)41(26(3)4)56-49(63)65-6/h10-15,19-21,23,25-26,30-32,34,39-42H,7-9,16-18,22,24H2,1-6H3,(H,51,54)(H,52,53)(H,55,62)(H,56,63)/t30-,31+,32?,34?,39-,40+,41-,42-/m0/s1. The third-order valence-corrected chi connectivity index (χ3v) is 15.2. The topological polar surface area (TPSA) is 192 Å². The maximum Gasteiger partial charge on any atom is 0.407 e. The summed E-state index contributed by atoms with van der Waals surface area (Å²) in [5.74, 6) is 0.833. The van der Waals surface area contributed by atoms with Gasteiger partial charge in [-0.05, 0) is 96.6 Å². The molecule has 6 aliphatic rings. The van der Waals surface area contributed by atoms with Gasteiger partial charge in [0.1, 0.15) is 23.7 Å². The van der Waals surface area contributed by atoms with Gasteiger partial charge in [0.05, 0.1) is 55.1 Å². The Kier molecular flexibility index (Phi) is 10.7. The Morgan fingerprint density at radius 3 is 2.29 bits per heavy atom. The summed E-state index contributed by atoms with van der Waals surface area (Å²) in [4.78, 5) is 87.8. The first-order valence-corrected chi connectivity index (χ1v) is 23.2. The molecule has 15 heteroatoms. The molecule has 4 aliphatic carbocycles. The number of allylic oxidation sites excluding steroid dienone is 4. The number of imidazole rings is 2. The number of ketones is 1. The van der Waals surface area contributed by atoms with Crippen LogP contribution in [-0.4, -0.2) is 98.4 Å². The van der Waals surface area contributed by atoms with E-state index >= 15 is 0 Å². The van der Waals surface area contributed by atoms with Gasteiger partial charge in [-0.1, -0.05) is 70.5 Å². The van der Waals surface area contributed by atoms with Gasteiger partial charge in [0, 0.05) is 29.6 Å². The summed E-state index contributed by atoms with van der Waals surface area (Å²) in [6.45, 7) is 8.30. The van der Waals surface area contributed by atoms with E-state index in [0.717, 1.165) is 89.8 Å². The van der Waals surface area contributed by atoms with Crippen LogP contribution < -0.4 is 10.6 Å². The van der Waals surface area contributed by atoms with Crippen LogP contribution in [0, 0.1) is 29.1 Å². The molecule has 2 unspecified atom stereocenters. The van der Waals surface area contributed by atoms with Gasteiger partial charge in [0.2, 0.25) is 11.8 Å². The van der Waals surface area contributed by atoms with E-state index in [4.69, 9.17) is 19.4 Å². The van der Waals surface area contributed by atoms with Crippen LogP contribution in [0.15, 0.2) is 60.8 Å². The number of methoxy groups -OCH3 is 2. The van der Waals surface area contributed by atoms with Crippen molar-refractivity contribution in [2.24, 2.45) is 29.1 Å². The monoisotopic (exact) mass is 882 g/mol. The summed E-state index contributed by atoms with van der Waals surface area (Å²) in [6.07, 6.45) is 13.6. The lowest BCUT2D eigenvalue weighted by atomic mass is 9.84. The van der Waals surface area contributed by atoms with Gasteiger partial charge >= 0.3 is 12.2 Å². The number of rotatable bonds is 10. The zero-order chi connectivity index (χ0) is 45.5. The minimum atomic E-state index is -0.724. The van der Waals surface area contributed by atoms with Crippen LogP contribution in [0.5, 0.6) is 0 Å². The van der Waals surface area contributed by atoms with E-state index in [0.29, 0.717) is 17.9 Å². The average Bonchev–Trinajstić information content (AvgIpc) is 3.74. The Bertz CT molecular complexity index is 2660. The van der Waals surface area contributed by atoms with Crippen LogP contribution in [-0.2, 0) is 19.1 Å². The van der Waals surface area contributed by atoms with Crippen LogP contribution >= 0.6 is 0 Å². The molecule has 4 fully saturated rings. The van der Waals surface area contributed by atoms with Gasteiger partial charge in [-0.25, -0.2) is 19.6 Å². The highest BCUT2D eigenvalue weighted by Gasteiger charge is 2.55. The predicted molar refractivity (Wildman–Crippen MR) is 242 cm³/mol. The fraction of sp³-hybridized carbons (Fsp3) is 0.500. The van der Waals surface area contributed by atoms with Gasteiger partial charge in [-0.3, -0.25) is 14.4 Å². The number of likely N-dealkylation sites (tertiary alicyclic amines) is 2. The van der Waals surface area contributed by atoms with E-state index in [1.54, 1.807) is 6.20 Å². The summed E-state index contributed by atoms with van der Waals surface area (Å²) in [7, 11) is 2.60. The molecule has 2 aliphatic heterocycles. The number of hydrogen-bond acceptors (Lipinski definition) is 9. The van der Waals surface area contributed by atoms with Crippen molar-refractivity contribution in [3.05, 3.63) is 89.2 Å². The number of carbonyl (C=O) groups is 5. The molecule has 4 aromatic rings. The summed E-state index contributed by atoms with van der Waals surface area (Å²) in [5, 5.41) is 5.53. The Morgan fingerprint density at radius 2 is 1.58 bits per heavy atom. The van der Waals surface area contributed by atoms with Crippen LogP contribution in [0.1, 0.15) is 124 Å². The highest BCUT2D eigenvalue weighted by molar-refractivity contribution is 6.07. The van der Waals surface area contributed by atoms with Crippen molar-refractivity contribution in [3.8, 4) is 11.3 Å². The van der Waals surface area contributed by atoms with E-state index < -0.39 is 24.3 Å². The number of ether oxygens (including phenoxy) is 2. The maximum atomic E-state index is 14.3. The smallest absolute Gasteiger partial charge is 0.407 e. The summed E-state index contributed by atoms with van der Waals surface area (Å²) >= 11 is 0. The second kappa shape index (κ2) is 16.3. The number of amides is 4. The Hall–Kier alpha value is -6.25. The molecule has 10 rings (SSSR count). The fourth-order valence-electron chi connectivity index (χ4n) is 11.5. The number of H-pyrrole nitrogens is 2. The first-order valence-electron chi connectivity index (χ1n) is 23.2. The predicted octanol–water partition coefficient (Wildman–Crippen LogP) is 7.76. The lowest BCUT2D eigenvalue weighted by Gasteiger charge is -2.33. The summed E-state index contributed by atoms with van der Waals surface area (Å²) < 4.78 is 9.70. The largest absolute Gasteiger partial charge is 0.453 e. The van der Waals surface area contributed by atoms with Gasteiger partial charge < -0.3 is 39.9 Å². The number of benzene rings is 2. The van der Waals surface area contributed by atoms with Gasteiger partial charge in [0.15, 0.2) is 5.78 Å². The minimum absolute atomic E-state index is 0.0675. The van der Waals surface area contributed by atoms with E-state index in [9.17, 15) is 24.0 Å². The Morgan fingerprint density at radius 1 is 0.862 bits per heavy atom. The average molecular weight is 883 g/mol. The quantitative estimate of drug-likeness (QED) is 0.123. The molecule has 2 aromatic heterocycles. The van der Waals surface area contributed by atoms with Crippen molar-refractivity contribution in [3.63, 3.8) is 0 Å². The summed E-state index contributed by atoms with van der Waals surface area (Å²) in [5.41, 5.74) is 6.95. The number of Topliss-reactive ketones (excluding diaryl/α,β-unsaturated/α-hetero) is 1. The maximum absolute atomic E-state index is 14.3. The zero-order valence-electron chi connectivity index (χ0n) is 37.9. The molecule has 2 saturated carbocycles. The van der Waals surface area contributed by atoms with Crippen LogP contribution in [0.25, 0.3) is 27.9 Å². The highest BCUT2D eigenvalue weighted by Crippen LogP contribution is 2.58. The van der Waals surface area contributed by atoms with Crippen LogP contribution in [0.3, 0.4) is 0 Å². The SMILES string of the molecule is COC(=O)N[C@H](C(=O)N1[C@@H]2CCC[C@@H](C2)[C@H]1c1nc2ccc(C3=CC4C(=O)c5cc(-c6cnc([C@@H]7CC8(CC8)CN7C(=O)[C@H](NC(=O)OC)C(C)C)[nH]6)ccc5C4C=C3)cc2[nH]1)C(C)C. The molecule has 340 valence electrons. The van der Waals surface area contributed by atoms with E-state index in [-0.39, 0.29) is 70.7 Å². The number of nitrogens with zero attached hydrogens (tertiary/aromatic N) is 4.